The Morgan fingerprint density at radius 1 is 0.571 bits per heavy atom. The minimum absolute atomic E-state index is 0. The van der Waals surface area contributed by atoms with Gasteiger partial charge in [0.15, 0.2) is 0 Å². The summed E-state index contributed by atoms with van der Waals surface area (Å²) in [6, 6.07) is 0. The minimum atomic E-state index is -5.17. The molecular weight excluding hydrogens is 331 g/mol. The van der Waals surface area contributed by atoms with Crippen LogP contribution >= 0.6 is 0 Å². The third-order valence-electron chi connectivity index (χ3n) is 0. The maximum Gasteiger partial charge on any atom is 4.00 e. The molecule has 0 spiro atoms. The molecule has 0 aliphatic rings. The van der Waals surface area contributed by atoms with Crippen molar-refractivity contribution in [2.45, 2.75) is 0 Å². The Morgan fingerprint density at radius 2 is 0.571 bits per heavy atom. The van der Waals surface area contributed by atoms with Crippen LogP contribution < -0.4 is 0 Å². The molecule has 88 valence electrons. The van der Waals surface area contributed by atoms with Crippen molar-refractivity contribution in [1.82, 2.24) is 0 Å². The van der Waals surface area contributed by atoms with Crippen molar-refractivity contribution in [3.05, 3.63) is 0 Å². The molecule has 0 saturated heterocycles. The van der Waals surface area contributed by atoms with Gasteiger partial charge in [-0.1, -0.05) is 0 Å². The van der Waals surface area contributed by atoms with Crippen LogP contribution in [-0.2, 0) is 47.0 Å². The Labute approximate surface area is 98.3 Å². The van der Waals surface area contributed by atoms with E-state index in [4.69, 9.17) is 35.0 Å². The third-order valence-corrected chi connectivity index (χ3v) is 0. The van der Waals surface area contributed by atoms with Crippen LogP contribution in [-0.4, -0.2) is 51.5 Å². The molecule has 0 aliphatic carbocycles. The summed E-state index contributed by atoms with van der Waals surface area (Å²) in [5, 5.41) is 0. The molecule has 0 saturated carbocycles. The fraction of sp³-hybridized carbons (Fsp3) is 0. The van der Waals surface area contributed by atoms with Crippen molar-refractivity contribution in [2.24, 2.45) is 0 Å². The monoisotopic (exact) mass is 336 g/mol. The number of hydrogen-bond donors (Lipinski definition) is 0. The van der Waals surface area contributed by atoms with Gasteiger partial charge in [-0.15, -0.1) is 0 Å². The molecule has 0 bridgehead atoms. The van der Waals surface area contributed by atoms with Gasteiger partial charge in [-0.05, 0) is 0 Å². The molecule has 0 rings (SSSR count). The van der Waals surface area contributed by atoms with E-state index < -0.39 is 20.8 Å². The first-order valence-corrected chi connectivity index (χ1v) is 4.00. The van der Waals surface area contributed by atoms with Crippen LogP contribution in [0.15, 0.2) is 0 Å². The van der Waals surface area contributed by atoms with E-state index in [-0.39, 0.29) is 42.6 Å². The molecule has 0 aromatic carbocycles. The zero-order valence-corrected chi connectivity index (χ0v) is 10.2. The molecule has 14 heavy (non-hydrogen) atoms. The summed E-state index contributed by atoms with van der Waals surface area (Å²) in [7, 11) is -10.3. The van der Waals surface area contributed by atoms with Crippen molar-refractivity contribution >= 4 is 20.8 Å². The summed E-state index contributed by atoms with van der Waals surface area (Å²) in [6.07, 6.45) is 0. The molecule has 0 unspecified atom stereocenters. The van der Waals surface area contributed by atoms with E-state index in [0.29, 0.717) is 0 Å². The van der Waals surface area contributed by atoms with E-state index in [9.17, 15) is 0 Å². The first kappa shape index (κ1) is 36.6. The molecule has 0 radical (unpaired) electrons. The number of hydrogen-bond acceptors (Lipinski definition) is 8. The molecule has 0 fully saturated rings. The van der Waals surface area contributed by atoms with Crippen molar-refractivity contribution < 1.29 is 77.7 Å². The Bertz CT molecular complexity index is 210. The van der Waals surface area contributed by atoms with E-state index in [1.54, 1.807) is 0 Å². The van der Waals surface area contributed by atoms with E-state index in [1.807, 2.05) is 0 Å². The molecule has 0 amide bonds. The standard InChI is InChI=1S/2H2O4S.3H2O.Zr/c2*1-5(2,3)4;;;;/h2*(H2,1,2,3,4);3*1H2;/q;;;;;+4/p-4. The fourth-order valence-electron chi connectivity index (χ4n) is 0. The summed E-state index contributed by atoms with van der Waals surface area (Å²) in [6.45, 7) is 0. The van der Waals surface area contributed by atoms with Crippen molar-refractivity contribution in [3.63, 3.8) is 0 Å². The van der Waals surface area contributed by atoms with Crippen LogP contribution in [0.4, 0.5) is 0 Å². The van der Waals surface area contributed by atoms with Gasteiger partial charge in [-0.3, -0.25) is 16.8 Å². The van der Waals surface area contributed by atoms with Crippen molar-refractivity contribution in [2.75, 3.05) is 0 Å². The zero-order chi connectivity index (χ0) is 9.00. The molecule has 6 N–H and O–H groups in total. The first-order valence-electron chi connectivity index (χ1n) is 1.33. The van der Waals surface area contributed by atoms with E-state index >= 15 is 0 Å². The van der Waals surface area contributed by atoms with Gasteiger partial charge in [0.25, 0.3) is 0 Å². The van der Waals surface area contributed by atoms with Crippen LogP contribution in [0.5, 0.6) is 0 Å². The third kappa shape index (κ3) is 6540. The van der Waals surface area contributed by atoms with Crippen LogP contribution in [0, 0.1) is 0 Å². The quantitative estimate of drug-likeness (QED) is 0.304. The van der Waals surface area contributed by atoms with Crippen LogP contribution in [0.1, 0.15) is 0 Å². The second-order valence-corrected chi connectivity index (χ2v) is 2.45. The summed E-state index contributed by atoms with van der Waals surface area (Å²) in [5.74, 6) is 0. The summed E-state index contributed by atoms with van der Waals surface area (Å²) >= 11 is 0. The van der Waals surface area contributed by atoms with Crippen molar-refractivity contribution in [3.8, 4) is 0 Å². The molecule has 0 heterocycles. The van der Waals surface area contributed by atoms with Crippen LogP contribution in [0.25, 0.3) is 0 Å². The maximum atomic E-state index is 8.52. The predicted molar refractivity (Wildman–Crippen MR) is 31.8 cm³/mol. The Kier molecular flexibility index (Phi) is 35.3. The smallest absolute Gasteiger partial charge is 0.759 e. The molecular formula is H6O11S2Zr. The Balaban J connectivity index is -0.0000000178. The summed E-state index contributed by atoms with van der Waals surface area (Å²) < 4.78 is 68.2. The van der Waals surface area contributed by atoms with Gasteiger partial charge in [-0.25, -0.2) is 0 Å². The molecule has 11 nitrogen and oxygen atoms in total. The zero-order valence-electron chi connectivity index (χ0n) is 6.08. The van der Waals surface area contributed by atoms with Gasteiger partial charge >= 0.3 is 26.2 Å². The molecule has 0 aromatic heterocycles. The van der Waals surface area contributed by atoms with Crippen LogP contribution in [0.3, 0.4) is 0 Å². The van der Waals surface area contributed by atoms with Gasteiger partial charge in [0.2, 0.25) is 0 Å². The number of rotatable bonds is 0. The summed E-state index contributed by atoms with van der Waals surface area (Å²) in [4.78, 5) is 0. The fourth-order valence-corrected chi connectivity index (χ4v) is 0. The van der Waals surface area contributed by atoms with Gasteiger partial charge in [0.1, 0.15) is 0 Å². The first-order chi connectivity index (χ1) is 4.00. The Morgan fingerprint density at radius 3 is 0.571 bits per heavy atom. The SMILES string of the molecule is O.O.O.O=S(=O)([O-])[O-].O=S(=O)([O-])[O-].[Zr+4]. The molecule has 0 aliphatic heterocycles. The molecule has 0 atom stereocenters. The van der Waals surface area contributed by atoms with E-state index in [2.05, 4.69) is 0 Å². The van der Waals surface area contributed by atoms with Gasteiger partial charge in [0.05, 0.1) is 0 Å². The second-order valence-electron chi connectivity index (χ2n) is 0.816. The average molecular weight is 337 g/mol. The van der Waals surface area contributed by atoms with Gasteiger partial charge in [0, 0.05) is 20.8 Å². The largest absolute Gasteiger partial charge is 4.00 e. The normalized spacial score (nSPS) is 8.29. The van der Waals surface area contributed by atoms with Gasteiger partial charge < -0.3 is 34.6 Å². The van der Waals surface area contributed by atoms with Crippen LogP contribution in [0.2, 0.25) is 0 Å². The molecule has 14 heteroatoms. The Hall–Kier alpha value is 0.503. The predicted octanol–water partition coefficient (Wildman–Crippen LogP) is -5.15. The van der Waals surface area contributed by atoms with E-state index in [0.717, 1.165) is 0 Å². The van der Waals surface area contributed by atoms with Crippen molar-refractivity contribution in [1.29, 1.82) is 0 Å². The summed E-state index contributed by atoms with van der Waals surface area (Å²) in [5.41, 5.74) is 0. The minimum Gasteiger partial charge on any atom is -0.759 e. The van der Waals surface area contributed by atoms with Gasteiger partial charge in [-0.2, -0.15) is 0 Å². The molecule has 0 aromatic rings. The van der Waals surface area contributed by atoms with E-state index in [1.165, 1.54) is 0 Å². The topological polar surface area (TPSA) is 255 Å². The average Bonchev–Trinajstić information content (AvgIpc) is 1.12. The second kappa shape index (κ2) is 13.5. The maximum absolute atomic E-state index is 8.52.